The molecule has 140 valence electrons. The summed E-state index contributed by atoms with van der Waals surface area (Å²) in [6.45, 7) is -0.0596. The third-order valence-electron chi connectivity index (χ3n) is 3.73. The Bertz CT molecular complexity index is 1030. The molecule has 8 heteroatoms. The fraction of sp³-hybridized carbons (Fsp3) is 0.158. The second-order valence-electron chi connectivity index (χ2n) is 5.91. The SMILES string of the molecule is O=C(CS(=O)(=O)Cc1csc(-c2ccccc2)n1)NCc1ccccc1F. The van der Waals surface area contributed by atoms with Gasteiger partial charge in [-0.1, -0.05) is 48.5 Å². The maximum atomic E-state index is 13.5. The highest BCUT2D eigenvalue weighted by molar-refractivity contribution is 7.91. The summed E-state index contributed by atoms with van der Waals surface area (Å²) in [5.74, 6) is -2.10. The molecule has 3 rings (SSSR count). The first kappa shape index (κ1) is 19.2. The maximum Gasteiger partial charge on any atom is 0.235 e. The summed E-state index contributed by atoms with van der Waals surface area (Å²) >= 11 is 1.35. The second-order valence-corrected chi connectivity index (χ2v) is 8.83. The van der Waals surface area contributed by atoms with Crippen LogP contribution < -0.4 is 5.32 Å². The van der Waals surface area contributed by atoms with E-state index in [4.69, 9.17) is 0 Å². The topological polar surface area (TPSA) is 76.1 Å². The summed E-state index contributed by atoms with van der Waals surface area (Å²) in [4.78, 5) is 16.3. The number of hydrogen-bond donors (Lipinski definition) is 1. The van der Waals surface area contributed by atoms with Crippen LogP contribution in [0.1, 0.15) is 11.3 Å². The van der Waals surface area contributed by atoms with E-state index in [0.29, 0.717) is 11.3 Å². The van der Waals surface area contributed by atoms with E-state index >= 15 is 0 Å². The van der Waals surface area contributed by atoms with E-state index in [1.54, 1.807) is 17.5 Å². The summed E-state index contributed by atoms with van der Waals surface area (Å²) in [6.07, 6.45) is 0. The zero-order valence-electron chi connectivity index (χ0n) is 14.3. The molecule has 1 heterocycles. The quantitative estimate of drug-likeness (QED) is 0.656. The number of sulfone groups is 1. The van der Waals surface area contributed by atoms with Crippen molar-refractivity contribution in [2.24, 2.45) is 0 Å². The minimum absolute atomic E-state index is 0.0596. The number of nitrogens with zero attached hydrogens (tertiary/aromatic N) is 1. The number of amides is 1. The predicted molar refractivity (Wildman–Crippen MR) is 103 cm³/mol. The van der Waals surface area contributed by atoms with Gasteiger partial charge < -0.3 is 5.32 Å². The van der Waals surface area contributed by atoms with Crippen molar-refractivity contribution in [3.8, 4) is 10.6 Å². The van der Waals surface area contributed by atoms with Crippen LogP contribution in [-0.4, -0.2) is 25.1 Å². The van der Waals surface area contributed by atoms with Gasteiger partial charge in [0.2, 0.25) is 5.91 Å². The molecule has 3 aromatic rings. The number of carbonyl (C=O) groups is 1. The van der Waals surface area contributed by atoms with Crippen LogP contribution in [-0.2, 0) is 26.9 Å². The van der Waals surface area contributed by atoms with Gasteiger partial charge in [0, 0.05) is 23.1 Å². The molecule has 5 nitrogen and oxygen atoms in total. The fourth-order valence-electron chi connectivity index (χ4n) is 2.45. The zero-order valence-corrected chi connectivity index (χ0v) is 15.9. The van der Waals surface area contributed by atoms with Gasteiger partial charge in [-0.2, -0.15) is 0 Å². The molecule has 1 aromatic heterocycles. The first-order valence-electron chi connectivity index (χ1n) is 8.13. The Hall–Kier alpha value is -2.58. The van der Waals surface area contributed by atoms with E-state index in [9.17, 15) is 17.6 Å². The van der Waals surface area contributed by atoms with Crippen LogP contribution in [0.4, 0.5) is 4.39 Å². The standard InChI is InChI=1S/C19H17FN2O3S2/c20-17-9-5-4-8-15(17)10-21-18(23)13-27(24,25)12-16-11-26-19(22-16)14-6-2-1-3-7-14/h1-9,11H,10,12-13H2,(H,21,23). The smallest absolute Gasteiger partial charge is 0.235 e. The summed E-state index contributed by atoms with van der Waals surface area (Å²) in [7, 11) is -3.68. The maximum absolute atomic E-state index is 13.5. The molecule has 0 aliphatic carbocycles. The molecule has 0 saturated heterocycles. The van der Waals surface area contributed by atoms with E-state index in [1.807, 2.05) is 30.3 Å². The normalized spacial score (nSPS) is 11.3. The summed E-state index contributed by atoms with van der Waals surface area (Å²) in [5, 5.41) is 4.84. The first-order chi connectivity index (χ1) is 12.9. The molecule has 0 radical (unpaired) electrons. The second kappa shape index (κ2) is 8.41. The van der Waals surface area contributed by atoms with Crippen molar-refractivity contribution < 1.29 is 17.6 Å². The van der Waals surface area contributed by atoms with Crippen LogP contribution in [0.5, 0.6) is 0 Å². The highest BCUT2D eigenvalue weighted by atomic mass is 32.2. The molecule has 2 aromatic carbocycles. The van der Waals surface area contributed by atoms with Gasteiger partial charge in [0.15, 0.2) is 9.84 Å². The van der Waals surface area contributed by atoms with Gasteiger partial charge in [0.1, 0.15) is 16.6 Å². The summed E-state index contributed by atoms with van der Waals surface area (Å²) in [6, 6.07) is 15.5. The van der Waals surface area contributed by atoms with Gasteiger partial charge >= 0.3 is 0 Å². The molecule has 0 aliphatic rings. The van der Waals surface area contributed by atoms with Crippen LogP contribution in [0.15, 0.2) is 60.0 Å². The first-order valence-corrected chi connectivity index (χ1v) is 10.8. The van der Waals surface area contributed by atoms with Crippen LogP contribution in [0, 0.1) is 5.82 Å². The Labute approximate surface area is 160 Å². The molecule has 0 saturated carbocycles. The third-order valence-corrected chi connectivity index (χ3v) is 6.10. The van der Waals surface area contributed by atoms with Crippen LogP contribution >= 0.6 is 11.3 Å². The molecule has 0 atom stereocenters. The van der Waals surface area contributed by atoms with Gasteiger partial charge in [-0.3, -0.25) is 4.79 Å². The molecular formula is C19H17FN2O3S2. The number of thiazole rings is 1. The summed E-state index contributed by atoms with van der Waals surface area (Å²) in [5.41, 5.74) is 1.62. The number of hydrogen-bond acceptors (Lipinski definition) is 5. The molecule has 0 fully saturated rings. The zero-order chi connectivity index (χ0) is 19.3. The molecule has 0 unspecified atom stereocenters. The average molecular weight is 404 g/mol. The molecule has 0 spiro atoms. The van der Waals surface area contributed by atoms with Gasteiger partial charge in [-0.15, -0.1) is 11.3 Å². The lowest BCUT2D eigenvalue weighted by Crippen LogP contribution is -2.30. The monoisotopic (exact) mass is 404 g/mol. The van der Waals surface area contributed by atoms with Gasteiger partial charge in [0.25, 0.3) is 0 Å². The molecular weight excluding hydrogens is 387 g/mol. The molecule has 0 bridgehead atoms. The van der Waals surface area contributed by atoms with Crippen molar-refractivity contribution in [3.05, 3.63) is 77.1 Å². The van der Waals surface area contributed by atoms with E-state index in [0.717, 1.165) is 10.6 Å². The lowest BCUT2D eigenvalue weighted by atomic mass is 10.2. The highest BCUT2D eigenvalue weighted by Crippen LogP contribution is 2.24. The van der Waals surface area contributed by atoms with Gasteiger partial charge in [0.05, 0.1) is 11.4 Å². The van der Waals surface area contributed by atoms with Crippen LogP contribution in [0.3, 0.4) is 0 Å². The number of rotatable bonds is 7. The Morgan fingerprint density at radius 2 is 1.78 bits per heavy atom. The van der Waals surface area contributed by atoms with Crippen LogP contribution in [0.2, 0.25) is 0 Å². The number of carbonyl (C=O) groups excluding carboxylic acids is 1. The minimum Gasteiger partial charge on any atom is -0.351 e. The Balaban J connectivity index is 1.58. The Morgan fingerprint density at radius 1 is 1.07 bits per heavy atom. The van der Waals surface area contributed by atoms with E-state index < -0.39 is 27.3 Å². The Morgan fingerprint density at radius 3 is 2.52 bits per heavy atom. The number of aromatic nitrogens is 1. The molecule has 1 N–H and O–H groups in total. The Kier molecular flexibility index (Phi) is 5.98. The largest absolute Gasteiger partial charge is 0.351 e. The van der Waals surface area contributed by atoms with Crippen molar-refractivity contribution in [1.82, 2.24) is 10.3 Å². The van der Waals surface area contributed by atoms with Crippen molar-refractivity contribution in [1.29, 1.82) is 0 Å². The molecule has 27 heavy (non-hydrogen) atoms. The van der Waals surface area contributed by atoms with E-state index in [-0.39, 0.29) is 12.3 Å². The van der Waals surface area contributed by atoms with E-state index in [2.05, 4.69) is 10.3 Å². The van der Waals surface area contributed by atoms with Crippen molar-refractivity contribution in [2.45, 2.75) is 12.3 Å². The summed E-state index contributed by atoms with van der Waals surface area (Å²) < 4.78 is 38.1. The number of halogens is 1. The third kappa shape index (κ3) is 5.45. The lowest BCUT2D eigenvalue weighted by molar-refractivity contribution is -0.118. The average Bonchev–Trinajstić information content (AvgIpc) is 3.09. The van der Waals surface area contributed by atoms with Crippen molar-refractivity contribution >= 4 is 27.1 Å². The van der Waals surface area contributed by atoms with Gasteiger partial charge in [-0.25, -0.2) is 17.8 Å². The molecule has 0 aliphatic heterocycles. The predicted octanol–water partition coefficient (Wildman–Crippen LogP) is 3.18. The van der Waals surface area contributed by atoms with Crippen molar-refractivity contribution in [2.75, 3.05) is 5.75 Å². The van der Waals surface area contributed by atoms with Crippen molar-refractivity contribution in [3.63, 3.8) is 0 Å². The highest BCUT2D eigenvalue weighted by Gasteiger charge is 2.19. The van der Waals surface area contributed by atoms with Gasteiger partial charge in [-0.05, 0) is 6.07 Å². The molecule has 1 amide bonds. The number of nitrogens with one attached hydrogen (secondary N) is 1. The minimum atomic E-state index is -3.68. The fourth-order valence-corrected chi connectivity index (χ4v) is 4.58. The lowest BCUT2D eigenvalue weighted by Gasteiger charge is -2.06. The van der Waals surface area contributed by atoms with E-state index in [1.165, 1.54) is 23.5 Å². The van der Waals surface area contributed by atoms with Crippen LogP contribution in [0.25, 0.3) is 10.6 Å². The number of benzene rings is 2.